The van der Waals surface area contributed by atoms with Gasteiger partial charge in [-0.15, -0.1) is 0 Å². The highest BCUT2D eigenvalue weighted by Crippen LogP contribution is 2.27. The summed E-state index contributed by atoms with van der Waals surface area (Å²) in [6.45, 7) is 0. The monoisotopic (exact) mass is 377 g/mol. The molecule has 100 valence electrons. The molecule has 1 N–H and O–H groups in total. The van der Waals surface area contributed by atoms with Crippen LogP contribution in [0.25, 0.3) is 0 Å². The van der Waals surface area contributed by atoms with Crippen molar-refractivity contribution in [2.45, 2.75) is 6.04 Å². The van der Waals surface area contributed by atoms with Crippen LogP contribution in [0.5, 0.6) is 0 Å². The second kappa shape index (κ2) is 5.92. The minimum atomic E-state index is -0.632. The molecule has 0 saturated heterocycles. The van der Waals surface area contributed by atoms with Gasteiger partial charge >= 0.3 is 0 Å². The van der Waals surface area contributed by atoms with Gasteiger partial charge in [0.15, 0.2) is 0 Å². The highest BCUT2D eigenvalue weighted by atomic mass is 127. The fraction of sp³-hybridized carbons (Fsp3) is 0.143. The predicted molar refractivity (Wildman–Crippen MR) is 76.4 cm³/mol. The standard InChI is InChI=1S/C14H11F3IN/c1-19-14(8-4-10(16)6-11(17)5-8)12-3-2-9(15)7-13(12)18/h2-7,14,19H,1H3. The van der Waals surface area contributed by atoms with Crippen LogP contribution in [0.2, 0.25) is 0 Å². The summed E-state index contributed by atoms with van der Waals surface area (Å²) >= 11 is 2.00. The highest BCUT2D eigenvalue weighted by molar-refractivity contribution is 14.1. The molecule has 0 aliphatic carbocycles. The number of hydrogen-bond acceptors (Lipinski definition) is 1. The third kappa shape index (κ3) is 3.27. The maximum absolute atomic E-state index is 13.3. The lowest BCUT2D eigenvalue weighted by molar-refractivity contribution is 0.571. The van der Waals surface area contributed by atoms with E-state index in [1.165, 1.54) is 24.3 Å². The van der Waals surface area contributed by atoms with Gasteiger partial charge in [0.2, 0.25) is 0 Å². The Morgan fingerprint density at radius 3 is 2.11 bits per heavy atom. The first kappa shape index (κ1) is 14.3. The summed E-state index contributed by atoms with van der Waals surface area (Å²) in [7, 11) is 1.69. The summed E-state index contributed by atoms with van der Waals surface area (Å²) in [5.74, 6) is -1.60. The largest absolute Gasteiger partial charge is 0.309 e. The summed E-state index contributed by atoms with van der Waals surface area (Å²) in [6, 6.07) is 7.30. The van der Waals surface area contributed by atoms with E-state index in [1.54, 1.807) is 13.1 Å². The smallest absolute Gasteiger partial charge is 0.126 e. The Bertz CT molecular complexity index is 581. The first-order chi connectivity index (χ1) is 9.01. The van der Waals surface area contributed by atoms with Gasteiger partial charge in [-0.2, -0.15) is 0 Å². The topological polar surface area (TPSA) is 12.0 Å². The molecule has 1 unspecified atom stereocenters. The molecule has 0 aromatic heterocycles. The van der Waals surface area contributed by atoms with Gasteiger partial charge in [0.1, 0.15) is 17.5 Å². The van der Waals surface area contributed by atoms with Crippen molar-refractivity contribution >= 4 is 22.6 Å². The number of rotatable bonds is 3. The zero-order valence-electron chi connectivity index (χ0n) is 10.1. The van der Waals surface area contributed by atoms with Gasteiger partial charge in [-0.25, -0.2) is 13.2 Å². The molecule has 0 aliphatic rings. The first-order valence-electron chi connectivity index (χ1n) is 5.59. The van der Waals surface area contributed by atoms with Crippen LogP contribution in [0.1, 0.15) is 17.2 Å². The Labute approximate surface area is 123 Å². The van der Waals surface area contributed by atoms with E-state index in [9.17, 15) is 13.2 Å². The summed E-state index contributed by atoms with van der Waals surface area (Å²) in [6.07, 6.45) is 0. The Kier molecular flexibility index (Phi) is 4.46. The summed E-state index contributed by atoms with van der Waals surface area (Å²) in [5.41, 5.74) is 1.24. The van der Waals surface area contributed by atoms with Crippen molar-refractivity contribution in [1.82, 2.24) is 5.32 Å². The van der Waals surface area contributed by atoms with Crippen molar-refractivity contribution in [3.05, 3.63) is 68.5 Å². The van der Waals surface area contributed by atoms with Gasteiger partial charge in [0, 0.05) is 9.64 Å². The molecule has 5 heteroatoms. The third-order valence-electron chi connectivity index (χ3n) is 2.78. The van der Waals surface area contributed by atoms with Gasteiger partial charge in [0.25, 0.3) is 0 Å². The molecule has 0 fully saturated rings. The molecule has 0 radical (unpaired) electrons. The van der Waals surface area contributed by atoms with Crippen LogP contribution in [0.15, 0.2) is 36.4 Å². The molecular formula is C14H11F3IN. The van der Waals surface area contributed by atoms with E-state index in [1.807, 2.05) is 22.6 Å². The molecule has 0 saturated carbocycles. The van der Waals surface area contributed by atoms with Crippen molar-refractivity contribution in [2.24, 2.45) is 0 Å². The van der Waals surface area contributed by atoms with Crippen LogP contribution in [0.3, 0.4) is 0 Å². The SMILES string of the molecule is CNC(c1cc(F)cc(F)c1)c1ccc(F)cc1I. The third-order valence-corrected chi connectivity index (χ3v) is 3.71. The average Bonchev–Trinajstić information content (AvgIpc) is 2.31. The van der Waals surface area contributed by atoms with E-state index in [2.05, 4.69) is 5.32 Å². The van der Waals surface area contributed by atoms with E-state index < -0.39 is 17.7 Å². The minimum Gasteiger partial charge on any atom is -0.309 e. The van der Waals surface area contributed by atoms with Crippen LogP contribution >= 0.6 is 22.6 Å². The van der Waals surface area contributed by atoms with Crippen molar-refractivity contribution in [3.8, 4) is 0 Å². The number of benzene rings is 2. The maximum atomic E-state index is 13.3. The van der Waals surface area contributed by atoms with Crippen LogP contribution in [0.4, 0.5) is 13.2 Å². The van der Waals surface area contributed by atoms with Crippen molar-refractivity contribution in [2.75, 3.05) is 7.05 Å². The molecular weight excluding hydrogens is 366 g/mol. The Balaban J connectivity index is 2.49. The van der Waals surface area contributed by atoms with Crippen LogP contribution in [0, 0.1) is 21.0 Å². The summed E-state index contributed by atoms with van der Waals surface area (Å²) in [5, 5.41) is 2.99. The zero-order valence-corrected chi connectivity index (χ0v) is 12.2. The molecule has 0 aliphatic heterocycles. The molecule has 0 bridgehead atoms. The van der Waals surface area contributed by atoms with Gasteiger partial charge in [-0.05, 0) is 65.0 Å². The lowest BCUT2D eigenvalue weighted by Gasteiger charge is -2.19. The van der Waals surface area contributed by atoms with E-state index in [-0.39, 0.29) is 5.82 Å². The van der Waals surface area contributed by atoms with Gasteiger partial charge in [0.05, 0.1) is 6.04 Å². The second-order valence-electron chi connectivity index (χ2n) is 4.09. The van der Waals surface area contributed by atoms with Gasteiger partial charge < -0.3 is 5.32 Å². The molecule has 1 atom stereocenters. The van der Waals surface area contributed by atoms with Gasteiger partial charge in [-0.3, -0.25) is 0 Å². The minimum absolute atomic E-state index is 0.339. The second-order valence-corrected chi connectivity index (χ2v) is 5.25. The maximum Gasteiger partial charge on any atom is 0.126 e. The first-order valence-corrected chi connectivity index (χ1v) is 6.67. The quantitative estimate of drug-likeness (QED) is 0.797. The molecule has 0 heterocycles. The Hall–Kier alpha value is -1.08. The van der Waals surface area contributed by atoms with Gasteiger partial charge in [-0.1, -0.05) is 6.07 Å². The normalized spacial score (nSPS) is 12.5. The molecule has 2 aromatic rings. The average molecular weight is 377 g/mol. The zero-order chi connectivity index (χ0) is 14.0. The van der Waals surface area contributed by atoms with Crippen LogP contribution < -0.4 is 5.32 Å². The number of nitrogens with one attached hydrogen (secondary N) is 1. The molecule has 2 aromatic carbocycles. The van der Waals surface area contributed by atoms with Crippen molar-refractivity contribution < 1.29 is 13.2 Å². The van der Waals surface area contributed by atoms with Crippen molar-refractivity contribution in [1.29, 1.82) is 0 Å². The fourth-order valence-corrected chi connectivity index (χ4v) is 2.77. The van der Waals surface area contributed by atoms with E-state index in [0.29, 0.717) is 9.13 Å². The summed E-state index contributed by atoms with van der Waals surface area (Å²) in [4.78, 5) is 0. The predicted octanol–water partition coefficient (Wildman–Crippen LogP) is 4.02. The van der Waals surface area contributed by atoms with Crippen LogP contribution in [-0.4, -0.2) is 7.05 Å². The van der Waals surface area contributed by atoms with Crippen molar-refractivity contribution in [3.63, 3.8) is 0 Å². The summed E-state index contributed by atoms with van der Waals surface area (Å²) < 4.78 is 40.3. The van der Waals surface area contributed by atoms with E-state index in [0.717, 1.165) is 11.6 Å². The fourth-order valence-electron chi connectivity index (χ4n) is 1.98. The number of hydrogen-bond donors (Lipinski definition) is 1. The molecule has 2 rings (SSSR count). The molecule has 0 spiro atoms. The number of halogens is 4. The lowest BCUT2D eigenvalue weighted by Crippen LogP contribution is -2.19. The Morgan fingerprint density at radius 2 is 1.58 bits per heavy atom. The van der Waals surface area contributed by atoms with E-state index >= 15 is 0 Å². The van der Waals surface area contributed by atoms with E-state index in [4.69, 9.17) is 0 Å². The van der Waals surface area contributed by atoms with Crippen LogP contribution in [-0.2, 0) is 0 Å². The molecule has 1 nitrogen and oxygen atoms in total. The molecule has 19 heavy (non-hydrogen) atoms. The lowest BCUT2D eigenvalue weighted by atomic mass is 9.98. The highest BCUT2D eigenvalue weighted by Gasteiger charge is 2.17. The molecule has 0 amide bonds. The Morgan fingerprint density at radius 1 is 0.947 bits per heavy atom.